The van der Waals surface area contributed by atoms with E-state index in [1.165, 1.54) is 22.3 Å². The van der Waals surface area contributed by atoms with Crippen LogP contribution in [-0.4, -0.2) is 0 Å². The second-order valence-corrected chi connectivity index (χ2v) is 4.55. The van der Waals surface area contributed by atoms with E-state index in [1.54, 1.807) is 0 Å². The van der Waals surface area contributed by atoms with E-state index in [-0.39, 0.29) is 18.6 Å². The summed E-state index contributed by atoms with van der Waals surface area (Å²) in [4.78, 5) is 0. The van der Waals surface area contributed by atoms with Gasteiger partial charge in [-0.05, 0) is 28.7 Å². The molecule has 1 nitrogen and oxygen atoms in total. The van der Waals surface area contributed by atoms with Gasteiger partial charge in [-0.2, -0.15) is 0 Å². The molecule has 83 valence electrons. The standard InChI is InChI=1S/C15H12O.V/c1-3-7-12-10(5-1)9-11-6-2-4-8-13(11)15-14(12)16-15;/h1-8,14-15H,9H2;. The normalized spacial score (nSPS) is 23.5. The van der Waals surface area contributed by atoms with Gasteiger partial charge >= 0.3 is 0 Å². The van der Waals surface area contributed by atoms with E-state index >= 15 is 0 Å². The van der Waals surface area contributed by atoms with Gasteiger partial charge in [0.1, 0.15) is 12.2 Å². The van der Waals surface area contributed by atoms with E-state index in [0.717, 1.165) is 6.42 Å². The van der Waals surface area contributed by atoms with E-state index in [4.69, 9.17) is 4.74 Å². The Kier molecular flexibility index (Phi) is 2.63. The summed E-state index contributed by atoms with van der Waals surface area (Å²) in [6.45, 7) is 0. The quantitative estimate of drug-likeness (QED) is 0.660. The summed E-state index contributed by atoms with van der Waals surface area (Å²) in [6, 6.07) is 17.3. The van der Waals surface area contributed by atoms with Crippen molar-refractivity contribution in [1.82, 2.24) is 0 Å². The van der Waals surface area contributed by atoms with E-state index in [1.807, 2.05) is 0 Å². The van der Waals surface area contributed by atoms with Crippen LogP contribution in [0.1, 0.15) is 34.5 Å². The van der Waals surface area contributed by atoms with Gasteiger partial charge in [0.05, 0.1) is 0 Å². The Hall–Kier alpha value is -1.02. The SMILES string of the molecule is [V].c1ccc2c(c1)Cc1ccccc1C1OC21. The number of ether oxygens (including phenoxy) is 1. The summed E-state index contributed by atoms with van der Waals surface area (Å²) in [6.07, 6.45) is 1.66. The Balaban J connectivity index is 0.000000902. The molecule has 0 N–H and O–H groups in total. The van der Waals surface area contributed by atoms with Gasteiger partial charge < -0.3 is 4.74 Å². The van der Waals surface area contributed by atoms with Crippen molar-refractivity contribution in [1.29, 1.82) is 0 Å². The first-order valence-corrected chi connectivity index (χ1v) is 5.74. The van der Waals surface area contributed by atoms with Crippen LogP contribution in [-0.2, 0) is 29.7 Å². The third-order valence-corrected chi connectivity index (χ3v) is 3.60. The summed E-state index contributed by atoms with van der Waals surface area (Å²) in [7, 11) is 0. The molecular formula is C15H12OV. The molecule has 1 heterocycles. The van der Waals surface area contributed by atoms with E-state index in [0.29, 0.717) is 12.2 Å². The van der Waals surface area contributed by atoms with Crippen molar-refractivity contribution in [3.05, 3.63) is 70.8 Å². The van der Waals surface area contributed by atoms with E-state index in [9.17, 15) is 0 Å². The van der Waals surface area contributed by atoms with Crippen LogP contribution in [0.5, 0.6) is 0 Å². The first kappa shape index (κ1) is 11.1. The maximum Gasteiger partial charge on any atom is 0.114 e. The Morgan fingerprint density at radius 1 is 0.765 bits per heavy atom. The minimum atomic E-state index is 0. The van der Waals surface area contributed by atoms with Crippen molar-refractivity contribution >= 4 is 0 Å². The Morgan fingerprint density at radius 3 is 1.76 bits per heavy atom. The predicted molar refractivity (Wildman–Crippen MR) is 62.3 cm³/mol. The van der Waals surface area contributed by atoms with Crippen LogP contribution in [0.2, 0.25) is 0 Å². The van der Waals surface area contributed by atoms with Gasteiger partial charge in [0.15, 0.2) is 0 Å². The Morgan fingerprint density at radius 2 is 1.24 bits per heavy atom. The minimum Gasteiger partial charge on any atom is -0.359 e. The van der Waals surface area contributed by atoms with Crippen molar-refractivity contribution in [2.75, 3.05) is 0 Å². The molecule has 1 aliphatic carbocycles. The van der Waals surface area contributed by atoms with Crippen LogP contribution >= 0.6 is 0 Å². The van der Waals surface area contributed by atoms with Gasteiger partial charge in [-0.15, -0.1) is 0 Å². The largest absolute Gasteiger partial charge is 0.359 e. The third-order valence-electron chi connectivity index (χ3n) is 3.60. The second kappa shape index (κ2) is 4.02. The number of hydrogen-bond acceptors (Lipinski definition) is 1. The first-order chi connectivity index (χ1) is 7.93. The van der Waals surface area contributed by atoms with E-state index < -0.39 is 0 Å². The summed E-state index contributed by atoms with van der Waals surface area (Å²) in [5.41, 5.74) is 5.59. The molecule has 0 aromatic heterocycles. The molecule has 2 atom stereocenters. The van der Waals surface area contributed by atoms with Gasteiger partial charge in [-0.3, -0.25) is 0 Å². The van der Waals surface area contributed by atoms with Crippen LogP contribution in [0.4, 0.5) is 0 Å². The topological polar surface area (TPSA) is 12.5 Å². The van der Waals surface area contributed by atoms with Crippen LogP contribution in [0.25, 0.3) is 0 Å². The molecule has 17 heavy (non-hydrogen) atoms. The smallest absolute Gasteiger partial charge is 0.114 e. The van der Waals surface area contributed by atoms with Gasteiger partial charge in [0.25, 0.3) is 0 Å². The zero-order valence-electron chi connectivity index (χ0n) is 9.34. The fourth-order valence-electron chi connectivity index (χ4n) is 2.74. The van der Waals surface area contributed by atoms with Crippen molar-refractivity contribution in [2.24, 2.45) is 0 Å². The van der Waals surface area contributed by atoms with E-state index in [2.05, 4.69) is 48.5 Å². The average Bonchev–Trinajstić information content (AvgIpc) is 3.09. The van der Waals surface area contributed by atoms with Gasteiger partial charge in [-0.1, -0.05) is 48.5 Å². The fourth-order valence-corrected chi connectivity index (χ4v) is 2.74. The van der Waals surface area contributed by atoms with Crippen molar-refractivity contribution in [3.8, 4) is 0 Å². The number of fused-ring (bicyclic) bond motifs is 5. The summed E-state index contributed by atoms with van der Waals surface area (Å²) >= 11 is 0. The van der Waals surface area contributed by atoms with Crippen LogP contribution in [0.15, 0.2) is 48.5 Å². The molecule has 1 fully saturated rings. The maximum absolute atomic E-state index is 5.81. The molecule has 2 aliphatic rings. The fraction of sp³-hybridized carbons (Fsp3) is 0.200. The molecule has 0 bridgehead atoms. The van der Waals surface area contributed by atoms with Crippen molar-refractivity contribution in [2.45, 2.75) is 18.6 Å². The van der Waals surface area contributed by atoms with Gasteiger partial charge in [0, 0.05) is 18.6 Å². The molecule has 1 saturated heterocycles. The van der Waals surface area contributed by atoms with Gasteiger partial charge in [-0.25, -0.2) is 0 Å². The second-order valence-electron chi connectivity index (χ2n) is 4.55. The number of benzene rings is 2. The molecule has 4 rings (SSSR count). The van der Waals surface area contributed by atoms with Crippen LogP contribution in [0, 0.1) is 0 Å². The third kappa shape index (κ3) is 1.66. The predicted octanol–water partition coefficient (Wildman–Crippen LogP) is 3.40. The van der Waals surface area contributed by atoms with Crippen LogP contribution in [0.3, 0.4) is 0 Å². The zero-order valence-corrected chi connectivity index (χ0v) is 10.7. The molecule has 2 aromatic carbocycles. The molecule has 2 aromatic rings. The monoisotopic (exact) mass is 259 g/mol. The van der Waals surface area contributed by atoms with Crippen molar-refractivity contribution < 1.29 is 23.3 Å². The van der Waals surface area contributed by atoms with Crippen LogP contribution < -0.4 is 0 Å². The molecule has 1 radical (unpaired) electrons. The summed E-state index contributed by atoms with van der Waals surface area (Å²) in [5, 5.41) is 0. The molecule has 2 heteroatoms. The van der Waals surface area contributed by atoms with Crippen molar-refractivity contribution in [3.63, 3.8) is 0 Å². The summed E-state index contributed by atoms with van der Waals surface area (Å²) < 4.78 is 5.81. The molecular weight excluding hydrogens is 247 g/mol. The molecule has 0 spiro atoms. The Bertz CT molecular complexity index is 515. The average molecular weight is 259 g/mol. The maximum atomic E-state index is 5.81. The number of hydrogen-bond donors (Lipinski definition) is 0. The molecule has 0 amide bonds. The molecule has 2 unspecified atom stereocenters. The number of epoxide rings is 1. The molecule has 1 aliphatic heterocycles. The first-order valence-electron chi connectivity index (χ1n) is 5.74. The zero-order chi connectivity index (χ0) is 10.5. The summed E-state index contributed by atoms with van der Waals surface area (Å²) in [5.74, 6) is 0. The minimum absolute atomic E-state index is 0. The molecule has 0 saturated carbocycles. The number of rotatable bonds is 0. The Labute approximate surface area is 113 Å². The van der Waals surface area contributed by atoms with Gasteiger partial charge in [0.2, 0.25) is 0 Å².